The minimum absolute atomic E-state index is 0.0870. The third-order valence-electron chi connectivity index (χ3n) is 9.24. The van der Waals surface area contributed by atoms with Gasteiger partial charge in [0.1, 0.15) is 5.78 Å². The number of hydrogen-bond acceptors (Lipinski definition) is 6. The second-order valence-electron chi connectivity index (χ2n) is 11.6. The predicted octanol–water partition coefficient (Wildman–Crippen LogP) is 6.86. The Bertz CT molecular complexity index is 1120. The summed E-state index contributed by atoms with van der Waals surface area (Å²) >= 11 is 3.20. The summed E-state index contributed by atoms with van der Waals surface area (Å²) in [7, 11) is 0. The van der Waals surface area contributed by atoms with E-state index < -0.39 is 6.10 Å². The van der Waals surface area contributed by atoms with Crippen LogP contribution in [0.1, 0.15) is 72.1 Å². The smallest absolute Gasteiger partial charge is 0.155 e. The Morgan fingerprint density at radius 3 is 2.83 bits per heavy atom. The fraction of sp³-hybridized carbons (Fsp3) is 0.621. The highest BCUT2D eigenvalue weighted by atomic mass is 32.2. The average molecular weight is 512 g/mol. The maximum Gasteiger partial charge on any atom is 0.155 e. The van der Waals surface area contributed by atoms with Crippen LogP contribution in [0.25, 0.3) is 10.2 Å². The number of nitrogens with zero attached hydrogens (tertiary/aromatic N) is 1. The van der Waals surface area contributed by atoms with Crippen LogP contribution in [0.5, 0.6) is 0 Å². The topological polar surface area (TPSA) is 67.3 Å². The van der Waals surface area contributed by atoms with E-state index in [0.717, 1.165) is 46.7 Å². The van der Waals surface area contributed by atoms with E-state index in [-0.39, 0.29) is 28.3 Å². The minimum atomic E-state index is -0.426. The lowest BCUT2D eigenvalue weighted by Gasteiger charge is -2.60. The Balaban J connectivity index is 1.32. The molecule has 0 spiro atoms. The molecule has 3 aliphatic rings. The molecule has 1 heterocycles. The van der Waals surface area contributed by atoms with Crippen LogP contribution in [0.15, 0.2) is 40.3 Å². The number of fused-ring (bicyclic) bond motifs is 4. The summed E-state index contributed by atoms with van der Waals surface area (Å²) in [6.45, 7) is 6.78. The van der Waals surface area contributed by atoms with Crippen molar-refractivity contribution < 1.29 is 14.7 Å². The number of aliphatic hydroxyl groups excluding tert-OH is 1. The van der Waals surface area contributed by atoms with Gasteiger partial charge in [0.05, 0.1) is 22.1 Å². The molecule has 0 saturated heterocycles. The lowest BCUT2D eigenvalue weighted by molar-refractivity contribution is -0.144. The van der Waals surface area contributed by atoms with E-state index in [9.17, 15) is 14.7 Å². The van der Waals surface area contributed by atoms with Crippen molar-refractivity contribution in [1.82, 2.24) is 4.98 Å². The molecule has 1 aromatic heterocycles. The highest BCUT2D eigenvalue weighted by Crippen LogP contribution is 2.63. The molecule has 5 rings (SSSR count). The molecule has 0 bridgehead atoms. The van der Waals surface area contributed by atoms with Gasteiger partial charge < -0.3 is 5.11 Å². The van der Waals surface area contributed by atoms with Crippen LogP contribution in [0.3, 0.4) is 0 Å². The maximum atomic E-state index is 13.3. The molecule has 0 aliphatic heterocycles. The van der Waals surface area contributed by atoms with Crippen LogP contribution in [-0.4, -0.2) is 33.5 Å². The number of benzene rings is 1. The highest BCUT2D eigenvalue weighted by Gasteiger charge is 2.58. The monoisotopic (exact) mass is 511 g/mol. The van der Waals surface area contributed by atoms with E-state index in [1.54, 1.807) is 23.1 Å². The summed E-state index contributed by atoms with van der Waals surface area (Å²) in [5.74, 6) is 1.96. The van der Waals surface area contributed by atoms with Crippen molar-refractivity contribution in [1.29, 1.82) is 0 Å². The lowest BCUT2D eigenvalue weighted by atomic mass is 9.45. The number of rotatable bonds is 7. The van der Waals surface area contributed by atoms with Crippen molar-refractivity contribution in [3.8, 4) is 0 Å². The number of aliphatic hydroxyl groups is 1. The highest BCUT2D eigenvalue weighted by molar-refractivity contribution is 8.01. The summed E-state index contributed by atoms with van der Waals surface area (Å²) in [5.41, 5.74) is 1.98. The summed E-state index contributed by atoms with van der Waals surface area (Å²) < 4.78 is 2.10. The SMILES string of the molecule is CCCC1C2CCC3=CC(=O)CCC3(C)C2[C@@H](O)CC1(C)CC(=O)CSc1nc2ccccc2s1. The van der Waals surface area contributed by atoms with E-state index in [0.29, 0.717) is 36.9 Å². The van der Waals surface area contributed by atoms with Crippen LogP contribution < -0.4 is 0 Å². The minimum Gasteiger partial charge on any atom is -0.393 e. The second kappa shape index (κ2) is 9.75. The first-order valence-electron chi connectivity index (χ1n) is 13.2. The van der Waals surface area contributed by atoms with Gasteiger partial charge in [-0.25, -0.2) is 4.98 Å². The zero-order valence-electron chi connectivity index (χ0n) is 21.1. The van der Waals surface area contributed by atoms with Gasteiger partial charge in [0.2, 0.25) is 0 Å². The Hall–Kier alpha value is -1.50. The van der Waals surface area contributed by atoms with E-state index in [1.165, 1.54) is 5.57 Å². The normalized spacial score (nSPS) is 34.9. The number of carbonyl (C=O) groups excluding carboxylic acids is 2. The molecule has 2 saturated carbocycles. The van der Waals surface area contributed by atoms with E-state index >= 15 is 0 Å². The van der Waals surface area contributed by atoms with Crippen LogP contribution in [0.4, 0.5) is 0 Å². The summed E-state index contributed by atoms with van der Waals surface area (Å²) in [5, 5.41) is 11.6. The van der Waals surface area contributed by atoms with Gasteiger partial charge in [0.25, 0.3) is 0 Å². The largest absolute Gasteiger partial charge is 0.393 e. The number of para-hydroxylation sites is 1. The Morgan fingerprint density at radius 1 is 1.26 bits per heavy atom. The first-order chi connectivity index (χ1) is 16.7. The zero-order valence-corrected chi connectivity index (χ0v) is 22.7. The molecular formula is C29H37NO3S2. The van der Waals surface area contributed by atoms with Gasteiger partial charge in [-0.1, -0.05) is 56.7 Å². The van der Waals surface area contributed by atoms with Crippen molar-refractivity contribution in [2.24, 2.45) is 28.6 Å². The van der Waals surface area contributed by atoms with Gasteiger partial charge in [-0.15, -0.1) is 11.3 Å². The average Bonchev–Trinajstić information content (AvgIpc) is 3.23. The van der Waals surface area contributed by atoms with Crippen molar-refractivity contribution in [2.45, 2.75) is 82.6 Å². The van der Waals surface area contributed by atoms with Gasteiger partial charge in [0.15, 0.2) is 10.1 Å². The third-order valence-corrected chi connectivity index (χ3v) is 11.5. The van der Waals surface area contributed by atoms with Crippen molar-refractivity contribution in [2.75, 3.05) is 5.75 Å². The third kappa shape index (κ3) is 4.67. The maximum absolute atomic E-state index is 13.3. The van der Waals surface area contributed by atoms with Crippen molar-refractivity contribution in [3.05, 3.63) is 35.9 Å². The van der Waals surface area contributed by atoms with E-state index in [2.05, 4.69) is 31.8 Å². The van der Waals surface area contributed by atoms with Gasteiger partial charge in [-0.2, -0.15) is 0 Å². The summed E-state index contributed by atoms with van der Waals surface area (Å²) in [4.78, 5) is 30.1. The molecule has 188 valence electrons. The molecule has 1 N–H and O–H groups in total. The summed E-state index contributed by atoms with van der Waals surface area (Å²) in [6, 6.07) is 8.10. The lowest BCUT2D eigenvalue weighted by Crippen LogP contribution is -2.57. The zero-order chi connectivity index (χ0) is 24.8. The Kier molecular flexibility index (Phi) is 7.01. The molecule has 5 unspecified atom stereocenters. The van der Waals surface area contributed by atoms with Crippen LogP contribution in [0.2, 0.25) is 0 Å². The van der Waals surface area contributed by atoms with Crippen molar-refractivity contribution in [3.63, 3.8) is 0 Å². The molecule has 6 atom stereocenters. The number of allylic oxidation sites excluding steroid dienone is 2. The number of aromatic nitrogens is 1. The predicted molar refractivity (Wildman–Crippen MR) is 144 cm³/mol. The molecule has 4 nitrogen and oxygen atoms in total. The van der Waals surface area contributed by atoms with Crippen LogP contribution >= 0.6 is 23.1 Å². The molecule has 3 aliphatic carbocycles. The Labute approximate surface area is 217 Å². The molecule has 35 heavy (non-hydrogen) atoms. The number of ketones is 2. The molecule has 2 fully saturated rings. The second-order valence-corrected chi connectivity index (χ2v) is 13.8. The molecule has 6 heteroatoms. The molecule has 1 aromatic carbocycles. The first-order valence-corrected chi connectivity index (χ1v) is 15.0. The number of carbonyl (C=O) groups is 2. The quantitative estimate of drug-likeness (QED) is 0.412. The van der Waals surface area contributed by atoms with Crippen LogP contribution in [-0.2, 0) is 9.59 Å². The van der Waals surface area contributed by atoms with E-state index in [1.807, 2.05) is 24.3 Å². The molecular weight excluding hydrogens is 474 g/mol. The number of thiazole rings is 1. The summed E-state index contributed by atoms with van der Waals surface area (Å²) in [6.07, 6.45) is 8.25. The van der Waals surface area contributed by atoms with Crippen LogP contribution in [0, 0.1) is 28.6 Å². The fourth-order valence-electron chi connectivity index (χ4n) is 7.76. The van der Waals surface area contributed by atoms with E-state index in [4.69, 9.17) is 0 Å². The molecule has 0 amide bonds. The van der Waals surface area contributed by atoms with Crippen molar-refractivity contribution >= 4 is 44.9 Å². The first kappa shape index (κ1) is 25.2. The number of hydrogen-bond donors (Lipinski definition) is 1. The van der Waals surface area contributed by atoms with Gasteiger partial charge >= 0.3 is 0 Å². The molecule has 2 aromatic rings. The molecule has 0 radical (unpaired) electrons. The van der Waals surface area contributed by atoms with Gasteiger partial charge in [-0.05, 0) is 78.9 Å². The number of thioether (sulfide) groups is 1. The standard InChI is InChI=1S/C29H37NO3S2/c1-4-7-22-21-11-10-18-14-19(31)12-13-29(18,3)26(21)24(33)16-28(22,2)15-20(32)17-34-27-30-23-8-5-6-9-25(23)35-27/h5-6,8-9,14,21-22,24,26,33H,4,7,10-13,15-17H2,1-3H3/t21?,22?,24-,26?,28?,29?/m0/s1. The van der Waals surface area contributed by atoms with Gasteiger partial charge in [-0.3, -0.25) is 9.59 Å². The fourth-order valence-corrected chi connectivity index (χ4v) is 9.68. The number of Topliss-reactive ketones (excluding diaryl/α,β-unsaturated/α-hetero) is 1. The Morgan fingerprint density at radius 2 is 2.06 bits per heavy atom. The van der Waals surface area contributed by atoms with Gasteiger partial charge in [0, 0.05) is 12.8 Å².